The maximum Gasteiger partial charge on any atom is 3.00 e. The van der Waals surface area contributed by atoms with Crippen molar-refractivity contribution >= 4 is 8.69 Å². The number of rotatable bonds is 18. The van der Waals surface area contributed by atoms with Crippen LogP contribution < -0.4 is 0 Å². The summed E-state index contributed by atoms with van der Waals surface area (Å²) in [6.07, 6.45) is 22.1. The molecule has 0 aliphatic rings. The van der Waals surface area contributed by atoms with Crippen molar-refractivity contribution in [2.24, 2.45) is 0 Å². The molecule has 2 nitrogen and oxygen atoms in total. The summed E-state index contributed by atoms with van der Waals surface area (Å²) >= 11 is 0. The summed E-state index contributed by atoms with van der Waals surface area (Å²) in [6.45, 7) is 2.95. The van der Waals surface area contributed by atoms with E-state index < -0.39 is 8.69 Å². The second kappa shape index (κ2) is 23.8. The zero-order valence-corrected chi connectivity index (χ0v) is 16.7. The van der Waals surface area contributed by atoms with Crippen molar-refractivity contribution in [1.82, 2.24) is 0 Å². The third-order valence-corrected chi connectivity index (χ3v) is 4.48. The molecule has 0 bridgehead atoms. The number of hydrogen-bond donors (Lipinski definition) is 0. The smallest absolute Gasteiger partial charge is 0.148 e. The average molecular weight is 376 g/mol. The molecule has 0 saturated carbocycles. The third-order valence-electron chi connectivity index (χ3n) is 4.16. The van der Waals surface area contributed by atoms with Gasteiger partial charge in [0, 0.05) is 0 Å². The van der Waals surface area contributed by atoms with Crippen molar-refractivity contribution < 1.29 is 25.9 Å². The molecule has 0 aromatic carbocycles. The van der Waals surface area contributed by atoms with Gasteiger partial charge in [0.15, 0.2) is 0 Å². The van der Waals surface area contributed by atoms with Crippen LogP contribution in [0.3, 0.4) is 0 Å². The number of unbranched alkanes of at least 4 members (excludes halogenated alkanes) is 15. The van der Waals surface area contributed by atoms with Crippen LogP contribution in [-0.4, -0.2) is 6.61 Å². The minimum Gasteiger partial charge on any atom is -0.148 e. The molecule has 0 spiro atoms. The van der Waals surface area contributed by atoms with E-state index in [1.807, 2.05) is 0 Å². The Balaban J connectivity index is 0. The van der Waals surface area contributed by atoms with Crippen molar-refractivity contribution in [3.05, 3.63) is 0 Å². The van der Waals surface area contributed by atoms with Crippen molar-refractivity contribution in [3.8, 4) is 0 Å². The molecule has 0 radical (unpaired) electrons. The Hall–Kier alpha value is 0.566. The normalized spacial score (nSPS) is 10.8. The monoisotopic (exact) mass is 376 g/mol. The molecule has 132 valence electrons. The molecule has 0 N–H and O–H groups in total. The van der Waals surface area contributed by atoms with Crippen molar-refractivity contribution in [2.75, 3.05) is 6.61 Å². The van der Waals surface area contributed by atoms with E-state index in [0.29, 0.717) is 6.61 Å². The Kier molecular flexibility index (Phi) is 26.9. The molecule has 1 unspecified atom stereocenters. The van der Waals surface area contributed by atoms with Gasteiger partial charge >= 0.3 is 25.5 Å². The third kappa shape index (κ3) is 22.8. The van der Waals surface area contributed by atoms with Crippen LogP contribution in [0.2, 0.25) is 0 Å². The largest absolute Gasteiger partial charge is 3.00 e. The molecule has 1 atom stereocenters. The van der Waals surface area contributed by atoms with Crippen molar-refractivity contribution in [3.63, 3.8) is 0 Å². The maximum atomic E-state index is 10.1. The molecule has 0 aliphatic heterocycles. The van der Waals surface area contributed by atoms with Gasteiger partial charge in [0.25, 0.3) is 0 Å². The van der Waals surface area contributed by atoms with Crippen LogP contribution in [0.25, 0.3) is 0 Å². The van der Waals surface area contributed by atoms with Gasteiger partial charge < -0.3 is 0 Å². The summed E-state index contributed by atoms with van der Waals surface area (Å²) in [4.78, 5) is 0. The molecular formula is C18H38CoO2P+4. The van der Waals surface area contributed by atoms with Crippen molar-refractivity contribution in [2.45, 2.75) is 110 Å². The summed E-state index contributed by atoms with van der Waals surface area (Å²) in [5.74, 6) is 0. The summed E-state index contributed by atoms with van der Waals surface area (Å²) in [6, 6.07) is 0. The first-order valence-electron chi connectivity index (χ1n) is 9.40. The summed E-state index contributed by atoms with van der Waals surface area (Å²) in [5.41, 5.74) is 0. The zero-order valence-electron chi connectivity index (χ0n) is 14.7. The van der Waals surface area contributed by atoms with Crippen LogP contribution in [0, 0.1) is 0 Å². The minimum atomic E-state index is -0.581. The van der Waals surface area contributed by atoms with Crippen LogP contribution in [0.1, 0.15) is 110 Å². The van der Waals surface area contributed by atoms with Crippen LogP contribution in [0.15, 0.2) is 0 Å². The number of hydrogen-bond acceptors (Lipinski definition) is 2. The Labute approximate surface area is 151 Å². The molecule has 0 saturated heterocycles. The molecular weight excluding hydrogens is 338 g/mol. The second-order valence-electron chi connectivity index (χ2n) is 6.24. The van der Waals surface area contributed by atoms with E-state index in [2.05, 4.69) is 6.92 Å². The van der Waals surface area contributed by atoms with Gasteiger partial charge in [0.05, 0.1) is 0 Å². The van der Waals surface area contributed by atoms with Crippen LogP contribution in [0.4, 0.5) is 0 Å². The fourth-order valence-electron chi connectivity index (χ4n) is 2.76. The Morgan fingerprint density at radius 1 is 0.591 bits per heavy atom. The first-order chi connectivity index (χ1) is 10.4. The molecule has 0 rings (SSSR count). The van der Waals surface area contributed by atoms with E-state index in [1.165, 1.54) is 96.3 Å². The Morgan fingerprint density at radius 2 is 0.909 bits per heavy atom. The first-order valence-corrected chi connectivity index (χ1v) is 10.2. The molecule has 0 amide bonds. The average Bonchev–Trinajstić information content (AvgIpc) is 2.50. The van der Waals surface area contributed by atoms with Gasteiger partial charge in [-0.1, -0.05) is 103 Å². The second-order valence-corrected chi connectivity index (χ2v) is 6.69. The Bertz CT molecular complexity index is 204. The molecule has 0 aromatic rings. The topological polar surface area (TPSA) is 26.3 Å². The van der Waals surface area contributed by atoms with Crippen molar-refractivity contribution in [1.29, 1.82) is 0 Å². The van der Waals surface area contributed by atoms with Crippen LogP contribution in [0.5, 0.6) is 0 Å². The SMILES string of the molecule is CCCCCCCCCCCCCCCCCCO[PH+]=O.[Co+3]. The molecule has 4 heteroatoms. The fraction of sp³-hybridized carbons (Fsp3) is 1.00. The van der Waals surface area contributed by atoms with Gasteiger partial charge in [0.2, 0.25) is 0 Å². The predicted octanol–water partition coefficient (Wildman–Crippen LogP) is 7.20. The van der Waals surface area contributed by atoms with Crippen LogP contribution >= 0.6 is 8.69 Å². The first kappa shape index (κ1) is 24.8. The van der Waals surface area contributed by atoms with E-state index in [1.54, 1.807) is 0 Å². The van der Waals surface area contributed by atoms with E-state index in [-0.39, 0.29) is 16.8 Å². The molecule has 0 aliphatic carbocycles. The molecule has 22 heavy (non-hydrogen) atoms. The van der Waals surface area contributed by atoms with Gasteiger partial charge in [-0.2, -0.15) is 0 Å². The van der Waals surface area contributed by atoms with E-state index in [0.717, 1.165) is 6.42 Å². The standard InChI is InChI=1S/C18H38O2P.Co/c1-2-3-4-5-6-7-8-9-10-11-12-13-14-15-16-17-18-20-21-19;/h21H,2-18H2,1H3;/q+1;+3. The van der Waals surface area contributed by atoms with Gasteiger partial charge in [-0.05, 0) is 11.0 Å². The van der Waals surface area contributed by atoms with Gasteiger partial charge in [-0.25, -0.2) is 0 Å². The quantitative estimate of drug-likeness (QED) is 0.187. The van der Waals surface area contributed by atoms with Gasteiger partial charge in [-0.15, -0.1) is 4.52 Å². The predicted molar refractivity (Wildman–Crippen MR) is 94.5 cm³/mol. The summed E-state index contributed by atoms with van der Waals surface area (Å²) in [7, 11) is -0.581. The van der Waals surface area contributed by atoms with Gasteiger partial charge in [0.1, 0.15) is 6.61 Å². The zero-order chi connectivity index (χ0) is 15.4. The van der Waals surface area contributed by atoms with Gasteiger partial charge in [-0.3, -0.25) is 0 Å². The molecule has 0 fully saturated rings. The summed E-state index contributed by atoms with van der Waals surface area (Å²) in [5, 5.41) is 0. The van der Waals surface area contributed by atoms with E-state index in [4.69, 9.17) is 4.52 Å². The van der Waals surface area contributed by atoms with E-state index >= 15 is 0 Å². The summed E-state index contributed by atoms with van der Waals surface area (Å²) < 4.78 is 14.9. The molecule has 0 heterocycles. The fourth-order valence-corrected chi connectivity index (χ4v) is 2.99. The Morgan fingerprint density at radius 3 is 1.23 bits per heavy atom. The van der Waals surface area contributed by atoms with E-state index in [9.17, 15) is 4.57 Å². The van der Waals surface area contributed by atoms with Crippen LogP contribution in [-0.2, 0) is 25.9 Å². The minimum absolute atomic E-state index is 0. The maximum absolute atomic E-state index is 10.1. The molecule has 0 aromatic heterocycles.